The average molecular weight is 511 g/mol. The van der Waals surface area contributed by atoms with Crippen LogP contribution in [0.4, 0.5) is 0 Å². The van der Waals surface area contributed by atoms with Gasteiger partial charge in [0.1, 0.15) is 0 Å². The van der Waals surface area contributed by atoms with Crippen LogP contribution in [-0.2, 0) is 19.1 Å². The van der Waals surface area contributed by atoms with Crippen LogP contribution in [0.2, 0.25) is 0 Å². The lowest BCUT2D eigenvalue weighted by Crippen LogP contribution is -2.66. The van der Waals surface area contributed by atoms with Crippen LogP contribution in [0.5, 0.6) is 0 Å². The van der Waals surface area contributed by atoms with Gasteiger partial charge in [0, 0.05) is 5.92 Å². The molecule has 5 aliphatic carbocycles. The second kappa shape index (κ2) is 7.90. The monoisotopic (exact) mass is 510 g/mol. The van der Waals surface area contributed by atoms with Gasteiger partial charge in [-0.2, -0.15) is 0 Å². The fraction of sp³-hybridized carbons (Fsp3) is 0.781. The highest BCUT2D eigenvalue weighted by atomic mass is 16.5. The molecule has 0 heterocycles. The molecule has 0 aliphatic heterocycles. The first-order valence-corrected chi connectivity index (χ1v) is 14.2. The number of esters is 1. The lowest BCUT2D eigenvalue weighted by Gasteiger charge is -2.69. The van der Waals surface area contributed by atoms with Crippen LogP contribution >= 0.6 is 0 Å². The largest absolute Gasteiger partial charge is 0.469 e. The molecule has 8 unspecified atom stereocenters. The Bertz CT molecular complexity index is 1120. The predicted molar refractivity (Wildman–Crippen MR) is 142 cm³/mol. The van der Waals surface area contributed by atoms with Gasteiger partial charge in [-0.15, -0.1) is 0 Å². The van der Waals surface area contributed by atoms with Crippen LogP contribution in [0.15, 0.2) is 23.8 Å². The first-order valence-electron chi connectivity index (χ1n) is 14.2. The number of hydrogen-bond donors (Lipinski definition) is 1. The summed E-state index contributed by atoms with van der Waals surface area (Å²) in [4.78, 5) is 41.0. The molecule has 8 atom stereocenters. The van der Waals surface area contributed by atoms with Crippen LogP contribution in [0, 0.1) is 50.2 Å². The van der Waals surface area contributed by atoms with E-state index in [9.17, 15) is 19.5 Å². The van der Waals surface area contributed by atoms with E-state index in [1.165, 1.54) is 7.11 Å². The number of ketones is 2. The number of carbonyl (C=O) groups is 3. The number of methoxy groups -OCH3 is 1. The SMILES string of the molecule is C=C1CC2(C)C3=CC(=O)C4C5CC(C)(C)CCC5(C(=O)OC)CCC4(C)C3(C)CCC2C(C)(CO)C1=O. The summed E-state index contributed by atoms with van der Waals surface area (Å²) < 4.78 is 5.41. The Hall–Kier alpha value is -1.75. The molecular formula is C32H46O5. The molecule has 5 heteroatoms. The minimum Gasteiger partial charge on any atom is -0.469 e. The lowest BCUT2D eigenvalue weighted by atomic mass is 9.33. The van der Waals surface area contributed by atoms with Crippen molar-refractivity contribution >= 4 is 17.5 Å². The highest BCUT2D eigenvalue weighted by Gasteiger charge is 2.71. The summed E-state index contributed by atoms with van der Waals surface area (Å²) in [6, 6.07) is 0. The first-order chi connectivity index (χ1) is 17.1. The molecule has 4 fully saturated rings. The third-order valence-electron chi connectivity index (χ3n) is 12.8. The Labute approximate surface area is 222 Å². The smallest absolute Gasteiger partial charge is 0.312 e. The third kappa shape index (κ3) is 3.16. The van der Waals surface area contributed by atoms with Gasteiger partial charge in [0.15, 0.2) is 11.6 Å². The van der Waals surface area contributed by atoms with Gasteiger partial charge in [-0.05, 0) is 103 Å². The summed E-state index contributed by atoms with van der Waals surface area (Å²) in [7, 11) is 1.49. The fourth-order valence-electron chi connectivity index (χ4n) is 10.5. The number of Topliss-reactive ketones (excluding diaryl/α,β-unsaturated/α-hetero) is 1. The molecule has 0 aromatic carbocycles. The van der Waals surface area contributed by atoms with E-state index in [2.05, 4.69) is 41.2 Å². The van der Waals surface area contributed by atoms with Crippen molar-refractivity contribution in [2.24, 2.45) is 50.2 Å². The molecule has 4 saturated carbocycles. The maximum absolute atomic E-state index is 14.4. The van der Waals surface area contributed by atoms with Crippen LogP contribution in [-0.4, -0.2) is 36.4 Å². The van der Waals surface area contributed by atoms with E-state index in [1.807, 2.05) is 13.0 Å². The highest BCUT2D eigenvalue weighted by Crippen LogP contribution is 2.75. The molecule has 5 rings (SSSR count). The maximum atomic E-state index is 14.4. The molecule has 0 aromatic rings. The van der Waals surface area contributed by atoms with Gasteiger partial charge in [-0.3, -0.25) is 14.4 Å². The quantitative estimate of drug-likeness (QED) is 0.372. The number of rotatable bonds is 2. The Morgan fingerprint density at radius 2 is 1.70 bits per heavy atom. The van der Waals surface area contributed by atoms with Gasteiger partial charge in [0.05, 0.1) is 24.5 Å². The summed E-state index contributed by atoms with van der Waals surface area (Å²) in [5.41, 5.74) is -0.646. The lowest BCUT2D eigenvalue weighted by molar-refractivity contribution is -0.192. The fourth-order valence-corrected chi connectivity index (χ4v) is 10.5. The summed E-state index contributed by atoms with van der Waals surface area (Å²) >= 11 is 0. The van der Waals surface area contributed by atoms with Gasteiger partial charge < -0.3 is 9.84 Å². The van der Waals surface area contributed by atoms with E-state index in [0.29, 0.717) is 12.0 Å². The molecule has 5 aliphatic rings. The molecule has 0 aromatic heterocycles. The van der Waals surface area contributed by atoms with Crippen molar-refractivity contribution in [3.63, 3.8) is 0 Å². The second-order valence-electron chi connectivity index (χ2n) is 15.0. The Morgan fingerprint density at radius 3 is 2.32 bits per heavy atom. The molecule has 37 heavy (non-hydrogen) atoms. The van der Waals surface area contributed by atoms with Crippen molar-refractivity contribution in [1.29, 1.82) is 0 Å². The molecule has 5 nitrogen and oxygen atoms in total. The third-order valence-corrected chi connectivity index (χ3v) is 12.8. The van der Waals surface area contributed by atoms with E-state index in [-0.39, 0.29) is 58.1 Å². The molecular weight excluding hydrogens is 464 g/mol. The number of hydrogen-bond acceptors (Lipinski definition) is 5. The number of fused-ring (bicyclic) bond motifs is 7. The predicted octanol–water partition coefficient (Wildman–Crippen LogP) is 5.85. The highest BCUT2D eigenvalue weighted by molar-refractivity contribution is 6.01. The van der Waals surface area contributed by atoms with E-state index in [0.717, 1.165) is 50.5 Å². The number of aliphatic hydroxyl groups excluding tert-OH is 1. The Morgan fingerprint density at radius 1 is 1.05 bits per heavy atom. The summed E-state index contributed by atoms with van der Waals surface area (Å²) in [5, 5.41) is 10.4. The van der Waals surface area contributed by atoms with Crippen LogP contribution in [0.3, 0.4) is 0 Å². The average Bonchev–Trinajstić information content (AvgIpc) is 2.83. The minimum absolute atomic E-state index is 0.0298. The summed E-state index contributed by atoms with van der Waals surface area (Å²) in [6.45, 7) is 17.2. The van der Waals surface area contributed by atoms with Gasteiger partial charge >= 0.3 is 5.97 Å². The second-order valence-corrected chi connectivity index (χ2v) is 15.0. The van der Waals surface area contributed by atoms with E-state index in [4.69, 9.17) is 4.74 Å². The number of aliphatic hydroxyl groups is 1. The van der Waals surface area contributed by atoms with Gasteiger partial charge in [-0.25, -0.2) is 0 Å². The number of ether oxygens (including phenoxy) is 1. The van der Waals surface area contributed by atoms with Crippen molar-refractivity contribution < 1.29 is 24.2 Å². The Kier molecular flexibility index (Phi) is 5.73. The zero-order chi connectivity index (χ0) is 27.4. The maximum Gasteiger partial charge on any atom is 0.312 e. The molecule has 0 amide bonds. The molecule has 1 N–H and O–H groups in total. The zero-order valence-electron chi connectivity index (χ0n) is 24.0. The van der Waals surface area contributed by atoms with Crippen LogP contribution in [0.25, 0.3) is 0 Å². The molecule has 0 saturated heterocycles. The van der Waals surface area contributed by atoms with Gasteiger partial charge in [-0.1, -0.05) is 46.8 Å². The van der Waals surface area contributed by atoms with Gasteiger partial charge in [0.25, 0.3) is 0 Å². The van der Waals surface area contributed by atoms with Gasteiger partial charge in [0.2, 0.25) is 0 Å². The standard InChI is InChI=1S/C32H46O5/c1-19-16-28(4)22(29(5,18-33)25(19)35)9-10-30(6)23(28)15-21(34)24-20-17-27(2,3)11-13-32(20,26(36)37-8)14-12-31(24,30)7/h15,20,22,24,33H,1,9-14,16-18H2,2-8H3. The minimum atomic E-state index is -0.882. The zero-order valence-corrected chi connectivity index (χ0v) is 24.0. The van der Waals surface area contributed by atoms with Crippen molar-refractivity contribution in [3.8, 4) is 0 Å². The van der Waals surface area contributed by atoms with Crippen molar-refractivity contribution in [2.75, 3.05) is 13.7 Å². The molecule has 0 radical (unpaired) electrons. The van der Waals surface area contributed by atoms with Crippen LogP contribution < -0.4 is 0 Å². The van der Waals surface area contributed by atoms with E-state index < -0.39 is 16.2 Å². The summed E-state index contributed by atoms with van der Waals surface area (Å²) in [6.07, 6.45) is 8.31. The van der Waals surface area contributed by atoms with Crippen LogP contribution in [0.1, 0.15) is 92.9 Å². The van der Waals surface area contributed by atoms with Crippen molar-refractivity contribution in [3.05, 3.63) is 23.8 Å². The van der Waals surface area contributed by atoms with Crippen molar-refractivity contribution in [2.45, 2.75) is 92.9 Å². The normalized spacial score (nSPS) is 48.7. The van der Waals surface area contributed by atoms with E-state index in [1.54, 1.807) is 0 Å². The van der Waals surface area contributed by atoms with E-state index >= 15 is 0 Å². The van der Waals surface area contributed by atoms with Crippen molar-refractivity contribution in [1.82, 2.24) is 0 Å². The molecule has 0 bridgehead atoms. The number of allylic oxidation sites excluding steroid dienone is 3. The summed E-state index contributed by atoms with van der Waals surface area (Å²) in [5.74, 6) is -0.341. The topological polar surface area (TPSA) is 80.7 Å². The molecule has 204 valence electrons. The molecule has 0 spiro atoms. The number of carbonyl (C=O) groups excluding carboxylic acids is 3. The first kappa shape index (κ1) is 26.8. The Balaban J connectivity index is 1.67.